The number of hydrogen-bond donors (Lipinski definition) is 4. The molecule has 5 N–H and O–H groups in total. The van der Waals surface area contributed by atoms with Crippen LogP contribution in [0.3, 0.4) is 0 Å². The van der Waals surface area contributed by atoms with Gasteiger partial charge in [0.2, 0.25) is 5.60 Å². The lowest BCUT2D eigenvalue weighted by molar-refractivity contribution is -0.265. The third-order valence-electron chi connectivity index (χ3n) is 6.59. The molecule has 13 heteroatoms. The number of hydrogen-bond acceptors (Lipinski definition) is 7. The molecule has 3 heterocycles. The normalized spacial score (nSPS) is 18.4. The van der Waals surface area contributed by atoms with E-state index >= 15 is 0 Å². The zero-order valence-electron chi connectivity index (χ0n) is 20.7. The number of amides is 1. The number of carbonyl (C=O) groups is 1. The van der Waals surface area contributed by atoms with E-state index in [9.17, 15) is 27.5 Å². The predicted octanol–water partition coefficient (Wildman–Crippen LogP) is 3.52. The Balaban J connectivity index is 1.56. The Hall–Kier alpha value is -4.23. The third kappa shape index (κ3) is 4.53. The van der Waals surface area contributed by atoms with Crippen LogP contribution in [0.4, 0.5) is 17.6 Å². The van der Waals surface area contributed by atoms with Crippen LogP contribution in [0.25, 0.3) is 22.3 Å². The second-order valence-corrected chi connectivity index (χ2v) is 9.46. The first-order chi connectivity index (χ1) is 18.3. The maximum atomic E-state index is 14.5. The van der Waals surface area contributed by atoms with Crippen molar-refractivity contribution in [3.63, 3.8) is 0 Å². The highest BCUT2D eigenvalue weighted by atomic mass is 19.4. The molecule has 4 aromatic rings. The minimum atomic E-state index is -5.27. The highest BCUT2D eigenvalue weighted by Gasteiger charge is 2.57. The van der Waals surface area contributed by atoms with Gasteiger partial charge in [0.15, 0.2) is 5.75 Å². The highest BCUT2D eigenvalue weighted by molar-refractivity contribution is 5.99. The molecule has 0 fully saturated rings. The molecule has 204 valence electrons. The van der Waals surface area contributed by atoms with Crippen molar-refractivity contribution in [3.05, 3.63) is 71.4 Å². The quantitative estimate of drug-likeness (QED) is 0.272. The van der Waals surface area contributed by atoms with Gasteiger partial charge in [-0.1, -0.05) is 0 Å². The van der Waals surface area contributed by atoms with Gasteiger partial charge in [-0.3, -0.25) is 4.79 Å². The number of imidazole rings is 1. The standard InChI is InChI=1S/C26H23F4N5O4/c1-24(31)11-39-22-16(24)9-19(35-20(22)13-3-5-15(27)6-4-13)25(37,26(28,29)30)10-32-23(36)14-7-17-21(34-12-33-17)18(8-14)38-2/h3-9,12,37H,10-11,31H2,1-2H3,(H,32,36)(H,33,34)/t24-,25?/m1/s1. The van der Waals surface area contributed by atoms with Crippen molar-refractivity contribution in [2.75, 3.05) is 20.3 Å². The molecule has 0 bridgehead atoms. The molecular formula is C26H23F4N5O4. The Labute approximate surface area is 219 Å². The highest BCUT2D eigenvalue weighted by Crippen LogP contribution is 2.46. The zero-order chi connectivity index (χ0) is 28.2. The molecule has 9 nitrogen and oxygen atoms in total. The summed E-state index contributed by atoms with van der Waals surface area (Å²) < 4.78 is 67.8. The summed E-state index contributed by atoms with van der Waals surface area (Å²) >= 11 is 0. The molecule has 2 atom stereocenters. The SMILES string of the molecule is COc1cc(C(=O)NCC(O)(c2cc3c(c(-c4ccc(F)cc4)n2)OC[C@@]3(C)N)C(F)(F)F)cc2[nH]cnc12. The summed E-state index contributed by atoms with van der Waals surface area (Å²) in [6.45, 7) is 0.237. The number of ether oxygens (including phenoxy) is 2. The van der Waals surface area contributed by atoms with Gasteiger partial charge in [0.05, 0.1) is 36.7 Å². The Morgan fingerprint density at radius 3 is 2.64 bits per heavy atom. The van der Waals surface area contributed by atoms with Crippen molar-refractivity contribution in [1.82, 2.24) is 20.3 Å². The molecule has 0 aliphatic carbocycles. The molecule has 1 aliphatic heterocycles. The lowest BCUT2D eigenvalue weighted by atomic mass is 9.89. The fourth-order valence-electron chi connectivity index (χ4n) is 4.37. The summed E-state index contributed by atoms with van der Waals surface area (Å²) in [5.41, 5.74) is 1.86. The molecule has 1 amide bonds. The largest absolute Gasteiger partial charge is 0.494 e. The van der Waals surface area contributed by atoms with E-state index < -0.39 is 41.3 Å². The van der Waals surface area contributed by atoms with E-state index in [1.165, 1.54) is 37.7 Å². The Kier molecular flexibility index (Phi) is 6.23. The van der Waals surface area contributed by atoms with E-state index in [2.05, 4.69) is 20.3 Å². The number of methoxy groups -OCH3 is 1. The predicted molar refractivity (Wildman–Crippen MR) is 132 cm³/mol. The molecule has 1 aliphatic rings. The maximum Gasteiger partial charge on any atom is 0.424 e. The number of rotatable bonds is 6. The number of carbonyl (C=O) groups excluding carboxylic acids is 1. The first-order valence-electron chi connectivity index (χ1n) is 11.7. The van der Waals surface area contributed by atoms with Crippen molar-refractivity contribution in [2.24, 2.45) is 5.73 Å². The number of aromatic amines is 1. The lowest BCUT2D eigenvalue weighted by Gasteiger charge is -2.31. The first kappa shape index (κ1) is 26.4. The number of H-pyrrole nitrogens is 1. The smallest absolute Gasteiger partial charge is 0.424 e. The zero-order valence-corrected chi connectivity index (χ0v) is 20.7. The van der Waals surface area contributed by atoms with Crippen LogP contribution in [0, 0.1) is 5.82 Å². The van der Waals surface area contributed by atoms with E-state index in [1.807, 2.05) is 0 Å². The van der Waals surface area contributed by atoms with Crippen LogP contribution in [0.1, 0.15) is 28.5 Å². The van der Waals surface area contributed by atoms with Crippen molar-refractivity contribution in [3.8, 4) is 22.8 Å². The van der Waals surface area contributed by atoms with Crippen LogP contribution < -0.4 is 20.5 Å². The summed E-state index contributed by atoms with van der Waals surface area (Å²) in [5, 5.41) is 13.2. The van der Waals surface area contributed by atoms with Gasteiger partial charge in [-0.05, 0) is 49.4 Å². The molecule has 0 saturated carbocycles. The molecule has 2 aromatic carbocycles. The second-order valence-electron chi connectivity index (χ2n) is 9.46. The summed E-state index contributed by atoms with van der Waals surface area (Å²) in [4.78, 5) is 23.9. The molecule has 0 radical (unpaired) electrons. The van der Waals surface area contributed by atoms with Crippen LogP contribution >= 0.6 is 0 Å². The molecule has 5 rings (SSSR count). The third-order valence-corrected chi connectivity index (χ3v) is 6.59. The molecular weight excluding hydrogens is 522 g/mol. The number of fused-ring (bicyclic) bond motifs is 2. The monoisotopic (exact) mass is 545 g/mol. The van der Waals surface area contributed by atoms with Crippen molar-refractivity contribution >= 4 is 16.9 Å². The number of halogens is 4. The van der Waals surface area contributed by atoms with Crippen LogP contribution in [0.2, 0.25) is 0 Å². The number of aromatic nitrogens is 3. The topological polar surface area (TPSA) is 135 Å². The van der Waals surface area contributed by atoms with E-state index in [4.69, 9.17) is 15.2 Å². The number of aliphatic hydroxyl groups is 1. The summed E-state index contributed by atoms with van der Waals surface area (Å²) in [6.07, 6.45) is -3.89. The first-order valence-corrected chi connectivity index (χ1v) is 11.7. The van der Waals surface area contributed by atoms with Gasteiger partial charge >= 0.3 is 6.18 Å². The number of nitrogens with two attached hydrogens (primary N) is 1. The Bertz CT molecular complexity index is 1570. The van der Waals surface area contributed by atoms with Gasteiger partial charge in [-0.2, -0.15) is 13.2 Å². The van der Waals surface area contributed by atoms with Gasteiger partial charge in [-0.25, -0.2) is 14.4 Å². The average Bonchev–Trinajstić information content (AvgIpc) is 3.49. The van der Waals surface area contributed by atoms with Crippen LogP contribution in [-0.2, 0) is 11.1 Å². The fraction of sp³-hybridized carbons (Fsp3) is 0.269. The number of nitrogens with one attached hydrogen (secondary N) is 2. The van der Waals surface area contributed by atoms with Crippen molar-refractivity contribution in [2.45, 2.75) is 24.2 Å². The Morgan fingerprint density at radius 1 is 1.26 bits per heavy atom. The summed E-state index contributed by atoms with van der Waals surface area (Å²) in [5.74, 6) is -1.10. The minimum Gasteiger partial charge on any atom is -0.494 e. The van der Waals surface area contributed by atoms with E-state index in [-0.39, 0.29) is 40.5 Å². The molecule has 0 saturated heterocycles. The van der Waals surface area contributed by atoms with Gasteiger partial charge < -0.3 is 30.6 Å². The second kappa shape index (κ2) is 9.20. The summed E-state index contributed by atoms with van der Waals surface area (Å²) in [7, 11) is 1.36. The van der Waals surface area contributed by atoms with E-state index in [0.29, 0.717) is 11.0 Å². The molecule has 39 heavy (non-hydrogen) atoms. The Morgan fingerprint density at radius 2 is 1.97 bits per heavy atom. The van der Waals surface area contributed by atoms with Crippen LogP contribution in [0.5, 0.6) is 11.5 Å². The van der Waals surface area contributed by atoms with E-state index in [1.54, 1.807) is 6.92 Å². The van der Waals surface area contributed by atoms with Gasteiger partial charge in [0.1, 0.15) is 29.4 Å². The average molecular weight is 545 g/mol. The van der Waals surface area contributed by atoms with Gasteiger partial charge in [-0.15, -0.1) is 0 Å². The van der Waals surface area contributed by atoms with Crippen molar-refractivity contribution < 1.29 is 36.9 Å². The minimum absolute atomic E-state index is 0.0232. The number of nitrogens with zero attached hydrogens (tertiary/aromatic N) is 2. The van der Waals surface area contributed by atoms with E-state index in [0.717, 1.165) is 18.2 Å². The molecule has 2 aromatic heterocycles. The molecule has 0 spiro atoms. The van der Waals surface area contributed by atoms with Gasteiger partial charge in [0.25, 0.3) is 5.91 Å². The number of benzene rings is 2. The van der Waals surface area contributed by atoms with Gasteiger partial charge in [0, 0.05) is 16.7 Å². The lowest BCUT2D eigenvalue weighted by Crippen LogP contribution is -2.51. The van der Waals surface area contributed by atoms with Crippen molar-refractivity contribution in [1.29, 1.82) is 0 Å². The van der Waals surface area contributed by atoms with Crippen LogP contribution in [-0.4, -0.2) is 52.4 Å². The number of pyridine rings is 1. The number of alkyl halides is 3. The fourth-order valence-corrected chi connectivity index (χ4v) is 4.37. The summed E-state index contributed by atoms with van der Waals surface area (Å²) in [6, 6.07) is 8.62. The van der Waals surface area contributed by atoms with Crippen LogP contribution in [0.15, 0.2) is 48.8 Å². The maximum absolute atomic E-state index is 14.5. The molecule has 1 unspecified atom stereocenters.